The van der Waals surface area contributed by atoms with Crippen LogP contribution in [0.1, 0.15) is 311 Å². The third-order valence-electron chi connectivity index (χ3n) is 23.6. The Morgan fingerprint density at radius 3 is 0.624 bits per heavy atom. The smallest absolute Gasteiger partial charge is 0.252 e. The second-order valence-corrected chi connectivity index (χ2v) is 41.2. The average Bonchev–Trinajstić information content (AvgIpc) is 0.695. The zero-order chi connectivity index (χ0) is 74.7. The van der Waals surface area contributed by atoms with Crippen molar-refractivity contribution in [2.24, 2.45) is 0 Å². The summed E-state index contributed by atoms with van der Waals surface area (Å²) in [7, 11) is 0. The number of benzene rings is 9. The molecule has 2 heterocycles. The maximum Gasteiger partial charge on any atom is 0.252 e. The number of hydrogen-bond acceptors (Lipinski definition) is 2. The second kappa shape index (κ2) is 24.7. The Kier molecular flexibility index (Phi) is 18.3. The molecule has 0 unspecified atom stereocenters. The van der Waals surface area contributed by atoms with Gasteiger partial charge in [0.05, 0.1) is 0 Å². The van der Waals surface area contributed by atoms with Gasteiger partial charge in [0.15, 0.2) is 0 Å². The Bertz CT molecular complexity index is 4250. The van der Waals surface area contributed by atoms with Crippen LogP contribution in [0.2, 0.25) is 0 Å². The molecule has 0 saturated heterocycles. The van der Waals surface area contributed by atoms with Crippen LogP contribution in [0.5, 0.6) is 0 Å². The maximum atomic E-state index is 2.66. The van der Waals surface area contributed by atoms with Gasteiger partial charge in [-0.2, -0.15) is 0 Å². The highest BCUT2D eigenvalue weighted by molar-refractivity contribution is 7.00. The molecule has 11 rings (SSSR count). The average molecular weight is 1340 g/mol. The Labute approximate surface area is 614 Å². The summed E-state index contributed by atoms with van der Waals surface area (Å²) in [4.78, 5) is 5.32. The molecule has 9 aromatic rings. The molecule has 3 heteroatoms. The van der Waals surface area contributed by atoms with Crippen LogP contribution >= 0.6 is 0 Å². The van der Waals surface area contributed by atoms with E-state index in [1.54, 1.807) is 0 Å². The van der Waals surface area contributed by atoms with E-state index in [1.807, 2.05) is 0 Å². The summed E-state index contributed by atoms with van der Waals surface area (Å²) in [5.41, 5.74) is 31.0. The molecule has 530 valence electrons. The molecule has 0 N–H and O–H groups in total. The molecule has 0 aliphatic carbocycles. The molecule has 101 heavy (non-hydrogen) atoms. The van der Waals surface area contributed by atoms with E-state index in [9.17, 15) is 0 Å². The lowest BCUT2D eigenvalue weighted by molar-refractivity contribution is 0.557. The lowest BCUT2D eigenvalue weighted by Crippen LogP contribution is -2.61. The number of hydrogen-bond donors (Lipinski definition) is 0. The third kappa shape index (κ3) is 14.1. The van der Waals surface area contributed by atoms with Gasteiger partial charge in [-0.25, -0.2) is 0 Å². The fraction of sp³-hybridized carbons (Fsp3) is 0.449. The summed E-state index contributed by atoms with van der Waals surface area (Å²) in [6, 6.07) is 71.5. The van der Waals surface area contributed by atoms with Crippen LogP contribution in [0, 0.1) is 0 Å². The van der Waals surface area contributed by atoms with Gasteiger partial charge in [-0.05, 0) is 197 Å². The van der Waals surface area contributed by atoms with E-state index in [2.05, 4.69) is 407 Å². The SMILES string of the molecule is CC(C)(C)c1cc(C(C)(C)C)cc(C(C)(C)c2cccc(N3c4cc(C(C)(C)c5cc(C(C)(C)C)cc(C(C)(C)C)c5)ccc4B4c5ccc(C(C)(C)c6cc(C(C)(C)C)cc(C(C)(C)C)c6)cc5N(c5cccc(C(C)(C)c6cc(C(C)(C)C)cc(C(C)(C)C)c6)c5)c5cccc3c54)c2)c1. The predicted octanol–water partition coefficient (Wildman–Crippen LogP) is 25.5. The zero-order valence-corrected chi connectivity index (χ0v) is 68.7. The molecule has 0 fully saturated rings. The summed E-state index contributed by atoms with van der Waals surface area (Å²) in [6.45, 7) is 76.2. The van der Waals surface area contributed by atoms with Crippen molar-refractivity contribution in [2.75, 3.05) is 9.80 Å². The van der Waals surface area contributed by atoms with E-state index in [0.29, 0.717) is 0 Å². The molecule has 2 nitrogen and oxygen atoms in total. The van der Waals surface area contributed by atoms with Gasteiger partial charge in [0, 0.05) is 55.8 Å². The molecular formula is C98H125BN2. The van der Waals surface area contributed by atoms with E-state index in [0.717, 1.165) is 11.4 Å². The highest BCUT2D eigenvalue weighted by atomic mass is 15.2. The van der Waals surface area contributed by atoms with Crippen LogP contribution in [-0.2, 0) is 65.0 Å². The van der Waals surface area contributed by atoms with Gasteiger partial charge in [0.2, 0.25) is 0 Å². The standard InChI is InChI=1S/C98H125BN2/c1-87(2,3)66-46-67(88(4,5)6)51-74(50-66)95(25,26)62-36-33-38-78(58-62)100-82-40-35-41-83-86(82)99(80-44-42-64(60-84(80)100)97(29,30)76-54-70(91(13,14)15)48-71(55-76)92(16,17)18)81-45-43-65(98(31,32)77-56-72(93(19,20)21)49-73(57-77)94(22,23)24)61-85(81)101(83)79-39-34-37-63(59-79)96(27,28)75-52-68(89(7,8)9)47-69(53-75)90(10,11)12/h33-61H,1-32H3. The summed E-state index contributed by atoms with van der Waals surface area (Å²) in [6.07, 6.45) is 0. The molecule has 0 saturated carbocycles. The number of rotatable bonds is 10. The third-order valence-corrected chi connectivity index (χ3v) is 23.6. The minimum absolute atomic E-state index is 0.0214. The van der Waals surface area contributed by atoms with Crippen molar-refractivity contribution in [1.29, 1.82) is 0 Å². The molecule has 2 aliphatic rings. The Morgan fingerprint density at radius 2 is 0.396 bits per heavy atom. The minimum Gasteiger partial charge on any atom is -0.311 e. The summed E-state index contributed by atoms with van der Waals surface area (Å²) >= 11 is 0. The van der Waals surface area contributed by atoms with Crippen molar-refractivity contribution in [1.82, 2.24) is 0 Å². The number of nitrogens with zero attached hydrogens (tertiary/aromatic N) is 2. The summed E-state index contributed by atoms with van der Waals surface area (Å²) in [5, 5.41) is 0. The first-order valence-corrected chi connectivity index (χ1v) is 38.0. The molecular weight excluding hydrogens is 1220 g/mol. The number of fused-ring (bicyclic) bond motifs is 4. The molecule has 0 aromatic heterocycles. The van der Waals surface area contributed by atoms with Gasteiger partial charge in [-0.3, -0.25) is 0 Å². The van der Waals surface area contributed by atoms with E-state index >= 15 is 0 Å². The second-order valence-electron chi connectivity index (χ2n) is 41.2. The van der Waals surface area contributed by atoms with E-state index in [-0.39, 0.29) is 71.7 Å². The monoisotopic (exact) mass is 1340 g/mol. The minimum atomic E-state index is -0.364. The number of anilines is 6. The van der Waals surface area contributed by atoms with Gasteiger partial charge in [0.25, 0.3) is 6.71 Å². The first kappa shape index (κ1) is 74.8. The van der Waals surface area contributed by atoms with E-state index in [1.165, 1.54) is 128 Å². The van der Waals surface area contributed by atoms with E-state index < -0.39 is 0 Å². The van der Waals surface area contributed by atoms with Crippen molar-refractivity contribution < 1.29 is 0 Å². The highest BCUT2D eigenvalue weighted by Crippen LogP contribution is 2.51. The molecule has 0 spiro atoms. The van der Waals surface area contributed by atoms with Crippen LogP contribution in [0.25, 0.3) is 0 Å². The van der Waals surface area contributed by atoms with Crippen LogP contribution in [0.3, 0.4) is 0 Å². The first-order valence-electron chi connectivity index (χ1n) is 38.0. The Morgan fingerprint density at radius 1 is 0.188 bits per heavy atom. The van der Waals surface area contributed by atoms with Gasteiger partial charge in [-0.1, -0.05) is 349 Å². The molecule has 0 amide bonds. The van der Waals surface area contributed by atoms with E-state index in [4.69, 9.17) is 0 Å². The zero-order valence-electron chi connectivity index (χ0n) is 68.7. The normalized spacial score (nSPS) is 14.5. The molecule has 0 atom stereocenters. The Balaban J connectivity index is 1.21. The molecule has 9 aromatic carbocycles. The van der Waals surface area contributed by atoms with Crippen LogP contribution in [-0.4, -0.2) is 6.71 Å². The van der Waals surface area contributed by atoms with Crippen LogP contribution in [0.15, 0.2) is 176 Å². The van der Waals surface area contributed by atoms with Crippen molar-refractivity contribution in [3.05, 3.63) is 265 Å². The lowest BCUT2D eigenvalue weighted by Gasteiger charge is -2.45. The van der Waals surface area contributed by atoms with Gasteiger partial charge in [0.1, 0.15) is 0 Å². The molecule has 0 radical (unpaired) electrons. The topological polar surface area (TPSA) is 6.48 Å². The fourth-order valence-corrected chi connectivity index (χ4v) is 15.4. The first-order chi connectivity index (χ1) is 46.1. The van der Waals surface area contributed by atoms with Crippen LogP contribution < -0.4 is 26.2 Å². The van der Waals surface area contributed by atoms with Gasteiger partial charge < -0.3 is 9.80 Å². The predicted molar refractivity (Wildman–Crippen MR) is 444 cm³/mol. The maximum absolute atomic E-state index is 2.66. The fourth-order valence-electron chi connectivity index (χ4n) is 15.4. The van der Waals surface area contributed by atoms with Crippen molar-refractivity contribution in [2.45, 2.75) is 287 Å². The summed E-state index contributed by atoms with van der Waals surface area (Å²) in [5.74, 6) is 0. The van der Waals surface area contributed by atoms with Crippen molar-refractivity contribution in [3.63, 3.8) is 0 Å². The molecule has 0 bridgehead atoms. The largest absolute Gasteiger partial charge is 0.311 e. The quantitative estimate of drug-likeness (QED) is 0.126. The summed E-state index contributed by atoms with van der Waals surface area (Å²) < 4.78 is 0. The highest BCUT2D eigenvalue weighted by Gasteiger charge is 2.46. The van der Waals surface area contributed by atoms with Crippen LogP contribution in [0.4, 0.5) is 34.1 Å². The van der Waals surface area contributed by atoms with Gasteiger partial charge in [-0.15, -0.1) is 0 Å². The molecule has 2 aliphatic heterocycles. The lowest BCUT2D eigenvalue weighted by atomic mass is 9.33. The van der Waals surface area contributed by atoms with Gasteiger partial charge >= 0.3 is 0 Å². The Hall–Kier alpha value is -7.36. The van der Waals surface area contributed by atoms with Crippen molar-refractivity contribution >= 4 is 57.2 Å². The van der Waals surface area contributed by atoms with Crippen molar-refractivity contribution in [3.8, 4) is 0 Å².